The lowest BCUT2D eigenvalue weighted by Crippen LogP contribution is -2.58. The number of hydrogen-bond acceptors (Lipinski definition) is 3. The molecule has 0 N–H and O–H groups in total. The van der Waals surface area contributed by atoms with Crippen LogP contribution in [0.15, 0.2) is 65.6 Å². The molecule has 1 spiro atoms. The normalized spacial score (nSPS) is 22.8. The molecule has 6 heteroatoms. The Morgan fingerprint density at radius 2 is 1.52 bits per heavy atom. The Bertz CT molecular complexity index is 947. The molecule has 0 saturated carbocycles. The van der Waals surface area contributed by atoms with Crippen LogP contribution < -0.4 is 0 Å². The van der Waals surface area contributed by atoms with Crippen LogP contribution in [-0.2, 0) is 21.2 Å². The molecule has 0 aromatic heterocycles. The molecule has 0 aliphatic carbocycles. The second kappa shape index (κ2) is 8.28. The predicted octanol–water partition coefficient (Wildman–Crippen LogP) is 3.47. The van der Waals surface area contributed by atoms with Crippen molar-refractivity contribution < 1.29 is 13.2 Å². The van der Waals surface area contributed by atoms with Crippen molar-refractivity contribution in [3.05, 3.63) is 66.2 Å². The third-order valence-electron chi connectivity index (χ3n) is 6.27. The molecule has 2 fully saturated rings. The summed E-state index contributed by atoms with van der Waals surface area (Å²) < 4.78 is 27.9. The quantitative estimate of drug-likeness (QED) is 0.756. The topological polar surface area (TPSA) is 57.7 Å². The maximum absolute atomic E-state index is 13.1. The molecule has 2 aromatic carbocycles. The molecule has 2 heterocycles. The Hall–Kier alpha value is -2.18. The fraction of sp³-hybridized carbons (Fsp3) is 0.435. The maximum Gasteiger partial charge on any atom is 0.243 e. The molecule has 1 atom stereocenters. The molecule has 0 bridgehead atoms. The van der Waals surface area contributed by atoms with E-state index < -0.39 is 10.0 Å². The van der Waals surface area contributed by atoms with E-state index in [1.165, 1.54) is 0 Å². The number of carbonyl (C=O) groups excluding carboxylic acids is 1. The van der Waals surface area contributed by atoms with Crippen molar-refractivity contribution in [2.75, 3.05) is 19.6 Å². The van der Waals surface area contributed by atoms with E-state index in [0.29, 0.717) is 24.4 Å². The van der Waals surface area contributed by atoms with Gasteiger partial charge in [0, 0.05) is 26.1 Å². The number of nitrogens with zero attached hydrogens (tertiary/aromatic N) is 2. The number of likely N-dealkylation sites (tertiary alicyclic amines) is 1. The first-order valence-electron chi connectivity index (χ1n) is 10.4. The summed E-state index contributed by atoms with van der Waals surface area (Å²) in [4.78, 5) is 15.4. The van der Waals surface area contributed by atoms with Gasteiger partial charge in [0.15, 0.2) is 0 Å². The SMILES string of the molecule is O=C(CCc1ccccc1)N1CCC[C@]12CCCN(S(=O)(=O)c1ccccc1)C2. The largest absolute Gasteiger partial charge is 0.336 e. The van der Waals surface area contributed by atoms with E-state index in [2.05, 4.69) is 0 Å². The van der Waals surface area contributed by atoms with Crippen LogP contribution in [0, 0.1) is 0 Å². The third kappa shape index (κ3) is 4.09. The first kappa shape index (κ1) is 20.1. The number of rotatable bonds is 5. The van der Waals surface area contributed by atoms with Crippen molar-refractivity contribution >= 4 is 15.9 Å². The minimum Gasteiger partial charge on any atom is -0.336 e. The van der Waals surface area contributed by atoms with Crippen LogP contribution in [0.25, 0.3) is 0 Å². The van der Waals surface area contributed by atoms with Crippen LogP contribution in [0.2, 0.25) is 0 Å². The third-order valence-corrected chi connectivity index (χ3v) is 8.13. The summed E-state index contributed by atoms with van der Waals surface area (Å²) in [7, 11) is -3.53. The number of carbonyl (C=O) groups is 1. The molecule has 0 unspecified atom stereocenters. The highest BCUT2D eigenvalue weighted by Gasteiger charge is 2.48. The van der Waals surface area contributed by atoms with E-state index in [4.69, 9.17) is 0 Å². The summed E-state index contributed by atoms with van der Waals surface area (Å²) in [5.41, 5.74) is 0.805. The van der Waals surface area contributed by atoms with Gasteiger partial charge >= 0.3 is 0 Å². The number of hydrogen-bond donors (Lipinski definition) is 0. The fourth-order valence-corrected chi connectivity index (χ4v) is 6.38. The average Bonchev–Trinajstić information content (AvgIpc) is 3.16. The number of aryl methyl sites for hydroxylation is 1. The summed E-state index contributed by atoms with van der Waals surface area (Å²) in [5.74, 6) is 0.144. The van der Waals surface area contributed by atoms with Gasteiger partial charge in [-0.2, -0.15) is 4.31 Å². The van der Waals surface area contributed by atoms with E-state index in [1.54, 1.807) is 28.6 Å². The molecule has 2 aliphatic rings. The molecule has 4 rings (SSSR count). The monoisotopic (exact) mass is 412 g/mol. The second-order valence-electron chi connectivity index (χ2n) is 8.11. The first-order chi connectivity index (χ1) is 14.0. The molecule has 1 amide bonds. The number of benzene rings is 2. The minimum atomic E-state index is -3.53. The van der Waals surface area contributed by atoms with E-state index in [1.807, 2.05) is 41.3 Å². The lowest BCUT2D eigenvalue weighted by Gasteiger charge is -2.45. The van der Waals surface area contributed by atoms with Gasteiger partial charge in [-0.1, -0.05) is 48.5 Å². The van der Waals surface area contributed by atoms with Crippen LogP contribution in [0.3, 0.4) is 0 Å². The smallest absolute Gasteiger partial charge is 0.243 e. The summed E-state index contributed by atoms with van der Waals surface area (Å²) in [5, 5.41) is 0. The Labute approximate surface area is 173 Å². The number of sulfonamides is 1. The Morgan fingerprint density at radius 1 is 0.897 bits per heavy atom. The fourth-order valence-electron chi connectivity index (χ4n) is 4.80. The predicted molar refractivity (Wildman–Crippen MR) is 113 cm³/mol. The lowest BCUT2D eigenvalue weighted by molar-refractivity contribution is -0.136. The molecule has 29 heavy (non-hydrogen) atoms. The van der Waals surface area contributed by atoms with Crippen LogP contribution >= 0.6 is 0 Å². The van der Waals surface area contributed by atoms with E-state index in [-0.39, 0.29) is 11.4 Å². The summed E-state index contributed by atoms with van der Waals surface area (Å²) in [6.07, 6.45) is 4.68. The highest BCUT2D eigenvalue weighted by atomic mass is 32.2. The average molecular weight is 413 g/mol. The van der Waals surface area contributed by atoms with Gasteiger partial charge in [-0.25, -0.2) is 8.42 Å². The van der Waals surface area contributed by atoms with E-state index in [9.17, 15) is 13.2 Å². The van der Waals surface area contributed by atoms with Crippen molar-refractivity contribution in [2.24, 2.45) is 0 Å². The van der Waals surface area contributed by atoms with Crippen LogP contribution in [0.4, 0.5) is 0 Å². The lowest BCUT2D eigenvalue weighted by atomic mass is 9.87. The van der Waals surface area contributed by atoms with Crippen molar-refractivity contribution in [3.63, 3.8) is 0 Å². The highest BCUT2D eigenvalue weighted by Crippen LogP contribution is 2.39. The first-order valence-corrected chi connectivity index (χ1v) is 11.8. The van der Waals surface area contributed by atoms with Crippen LogP contribution in [-0.4, -0.2) is 48.7 Å². The van der Waals surface area contributed by atoms with Crippen LogP contribution in [0.1, 0.15) is 37.7 Å². The van der Waals surface area contributed by atoms with E-state index in [0.717, 1.165) is 44.2 Å². The molecule has 2 saturated heterocycles. The minimum absolute atomic E-state index is 0.144. The van der Waals surface area contributed by atoms with Gasteiger partial charge in [0.1, 0.15) is 0 Å². The number of piperidine rings is 1. The zero-order chi connectivity index (χ0) is 20.3. The molecule has 154 valence electrons. The number of amides is 1. The Kier molecular flexibility index (Phi) is 5.74. The maximum atomic E-state index is 13.1. The molecular weight excluding hydrogens is 384 g/mol. The second-order valence-corrected chi connectivity index (χ2v) is 10.1. The van der Waals surface area contributed by atoms with Crippen molar-refractivity contribution in [1.29, 1.82) is 0 Å². The van der Waals surface area contributed by atoms with E-state index >= 15 is 0 Å². The van der Waals surface area contributed by atoms with Crippen molar-refractivity contribution in [3.8, 4) is 0 Å². The molecule has 2 aliphatic heterocycles. The zero-order valence-corrected chi connectivity index (χ0v) is 17.5. The molecular formula is C23H28N2O3S. The molecule has 5 nitrogen and oxygen atoms in total. The van der Waals surface area contributed by atoms with Gasteiger partial charge in [-0.3, -0.25) is 4.79 Å². The zero-order valence-electron chi connectivity index (χ0n) is 16.7. The summed E-state index contributed by atoms with van der Waals surface area (Å²) in [6.45, 7) is 1.65. The molecule has 2 aromatic rings. The Morgan fingerprint density at radius 3 is 2.21 bits per heavy atom. The highest BCUT2D eigenvalue weighted by molar-refractivity contribution is 7.89. The van der Waals surface area contributed by atoms with Gasteiger partial charge in [0.2, 0.25) is 15.9 Å². The van der Waals surface area contributed by atoms with Gasteiger partial charge in [0.05, 0.1) is 10.4 Å². The molecule has 0 radical (unpaired) electrons. The van der Waals surface area contributed by atoms with Crippen molar-refractivity contribution in [2.45, 2.75) is 49.0 Å². The standard InChI is InChI=1S/C23H28N2O3S/c26-22(14-13-20-9-3-1-4-10-20)25-18-8-16-23(25)15-7-17-24(19-23)29(27,28)21-11-5-2-6-12-21/h1-6,9-12H,7-8,13-19H2/t23-/m0/s1. The van der Waals surface area contributed by atoms with Gasteiger partial charge in [-0.15, -0.1) is 0 Å². The summed E-state index contributed by atoms with van der Waals surface area (Å²) in [6, 6.07) is 18.7. The van der Waals surface area contributed by atoms with Gasteiger partial charge in [0.25, 0.3) is 0 Å². The van der Waals surface area contributed by atoms with Crippen molar-refractivity contribution in [1.82, 2.24) is 9.21 Å². The van der Waals surface area contributed by atoms with Gasteiger partial charge < -0.3 is 4.90 Å². The van der Waals surface area contributed by atoms with Crippen LogP contribution in [0.5, 0.6) is 0 Å². The Balaban J connectivity index is 1.49. The van der Waals surface area contributed by atoms with Gasteiger partial charge in [-0.05, 0) is 49.8 Å². The summed E-state index contributed by atoms with van der Waals surface area (Å²) >= 11 is 0.